The number of nitrogens with two attached hydrogens (primary N) is 1. The predicted octanol–water partition coefficient (Wildman–Crippen LogP) is 3.56. The number of fused-ring (bicyclic) bond motifs is 1. The summed E-state index contributed by atoms with van der Waals surface area (Å²) in [5.41, 5.74) is 9.82. The highest BCUT2D eigenvalue weighted by molar-refractivity contribution is 7.12. The van der Waals surface area contributed by atoms with Gasteiger partial charge in [-0.2, -0.15) is 5.10 Å². The number of nitrogens with zero attached hydrogens (tertiary/aromatic N) is 2. The Bertz CT molecular complexity index is 606. The van der Waals surface area contributed by atoms with Gasteiger partial charge in [-0.05, 0) is 44.2 Å². The highest BCUT2D eigenvalue weighted by Gasteiger charge is 2.20. The average molecular weight is 310 g/mol. The quantitative estimate of drug-likeness (QED) is 0.942. The minimum atomic E-state index is 0.0119. The Hall–Kier alpha value is -0.840. The lowest BCUT2D eigenvalue weighted by Crippen LogP contribution is -2.14. The van der Waals surface area contributed by atoms with Crippen molar-refractivity contribution < 1.29 is 0 Å². The summed E-state index contributed by atoms with van der Waals surface area (Å²) in [6, 6.07) is 2.32. The van der Waals surface area contributed by atoms with Crippen LogP contribution in [0.1, 0.15) is 45.6 Å². The predicted molar refractivity (Wildman–Crippen MR) is 84.5 cm³/mol. The van der Waals surface area contributed by atoms with Crippen LogP contribution in [-0.2, 0) is 26.3 Å². The number of thiophene rings is 1. The highest BCUT2D eigenvalue weighted by Crippen LogP contribution is 2.34. The molecule has 0 saturated carbocycles. The van der Waals surface area contributed by atoms with Crippen molar-refractivity contribution in [3.05, 3.63) is 37.8 Å². The van der Waals surface area contributed by atoms with E-state index < -0.39 is 0 Å². The Kier molecular flexibility index (Phi) is 3.89. The van der Waals surface area contributed by atoms with E-state index >= 15 is 0 Å². The molecule has 0 fully saturated rings. The number of hydrogen-bond donors (Lipinski definition) is 1. The molecule has 0 radical (unpaired) electrons. The summed E-state index contributed by atoms with van der Waals surface area (Å²) in [6.45, 7) is 1.93. The van der Waals surface area contributed by atoms with E-state index in [4.69, 9.17) is 17.3 Å². The van der Waals surface area contributed by atoms with Crippen molar-refractivity contribution in [1.29, 1.82) is 0 Å². The fourth-order valence-corrected chi connectivity index (χ4v) is 4.40. The van der Waals surface area contributed by atoms with E-state index in [1.54, 1.807) is 0 Å². The van der Waals surface area contributed by atoms with Crippen LogP contribution in [0.15, 0.2) is 6.07 Å². The number of aryl methyl sites for hydroxylation is 4. The van der Waals surface area contributed by atoms with E-state index in [0.29, 0.717) is 0 Å². The molecule has 2 N–H and O–H groups in total. The number of aromatic nitrogens is 2. The van der Waals surface area contributed by atoms with Gasteiger partial charge >= 0.3 is 0 Å². The molecule has 1 aliphatic carbocycles. The molecule has 1 atom stereocenters. The molecular weight excluding hydrogens is 290 g/mol. The van der Waals surface area contributed by atoms with Gasteiger partial charge in [0.15, 0.2) is 0 Å². The van der Waals surface area contributed by atoms with Gasteiger partial charge in [-0.1, -0.05) is 11.6 Å². The van der Waals surface area contributed by atoms with E-state index in [0.717, 1.165) is 22.8 Å². The first-order chi connectivity index (χ1) is 9.56. The molecule has 0 amide bonds. The fraction of sp³-hybridized carbons (Fsp3) is 0.533. The lowest BCUT2D eigenvalue weighted by atomic mass is 9.98. The van der Waals surface area contributed by atoms with Crippen LogP contribution < -0.4 is 5.73 Å². The van der Waals surface area contributed by atoms with Crippen LogP contribution in [0.3, 0.4) is 0 Å². The Balaban J connectivity index is 1.82. The maximum atomic E-state index is 6.40. The smallest absolute Gasteiger partial charge is 0.0847 e. The molecule has 0 bridgehead atoms. The zero-order valence-corrected chi connectivity index (χ0v) is 13.5. The summed E-state index contributed by atoms with van der Waals surface area (Å²) in [4.78, 5) is 2.82. The van der Waals surface area contributed by atoms with Crippen LogP contribution in [0.2, 0.25) is 5.02 Å². The van der Waals surface area contributed by atoms with Crippen molar-refractivity contribution in [3.8, 4) is 0 Å². The third-order valence-corrected chi connectivity index (χ3v) is 5.92. The molecule has 2 heterocycles. The molecule has 1 unspecified atom stereocenters. The first-order valence-corrected chi connectivity index (χ1v) is 8.30. The highest BCUT2D eigenvalue weighted by atomic mass is 35.5. The molecule has 20 heavy (non-hydrogen) atoms. The first-order valence-electron chi connectivity index (χ1n) is 7.11. The maximum Gasteiger partial charge on any atom is 0.0847 e. The van der Waals surface area contributed by atoms with E-state index in [1.807, 2.05) is 30.0 Å². The second kappa shape index (κ2) is 5.51. The fourth-order valence-electron chi connectivity index (χ4n) is 2.91. The Morgan fingerprint density at radius 2 is 2.20 bits per heavy atom. The summed E-state index contributed by atoms with van der Waals surface area (Å²) in [7, 11) is 1.93. The molecule has 108 valence electrons. The van der Waals surface area contributed by atoms with E-state index in [2.05, 4.69) is 11.2 Å². The van der Waals surface area contributed by atoms with Crippen LogP contribution in [0.4, 0.5) is 0 Å². The summed E-state index contributed by atoms with van der Waals surface area (Å²) >= 11 is 8.19. The molecule has 5 heteroatoms. The number of hydrogen-bond acceptors (Lipinski definition) is 3. The van der Waals surface area contributed by atoms with Crippen LogP contribution in [0.25, 0.3) is 0 Å². The molecule has 0 aromatic carbocycles. The minimum Gasteiger partial charge on any atom is -0.323 e. The van der Waals surface area contributed by atoms with Gasteiger partial charge in [0.2, 0.25) is 0 Å². The normalized spacial score (nSPS) is 16.2. The molecule has 0 saturated heterocycles. The standard InChI is InChI=1S/C15H20ClN3S/c1-9-15(16)12(19(2)18-9)8-11(17)14-7-10-5-3-4-6-13(10)20-14/h7,11H,3-6,8,17H2,1-2H3. The van der Waals surface area contributed by atoms with Crippen molar-refractivity contribution in [2.24, 2.45) is 12.8 Å². The largest absolute Gasteiger partial charge is 0.323 e. The van der Waals surface area contributed by atoms with Crippen molar-refractivity contribution in [2.45, 2.75) is 45.1 Å². The van der Waals surface area contributed by atoms with Gasteiger partial charge in [0.1, 0.15) is 0 Å². The Labute approximate surface area is 128 Å². The monoisotopic (exact) mass is 309 g/mol. The van der Waals surface area contributed by atoms with Gasteiger partial charge in [-0.3, -0.25) is 4.68 Å². The second-order valence-corrected chi connectivity index (χ2v) is 7.13. The van der Waals surface area contributed by atoms with Gasteiger partial charge in [0.25, 0.3) is 0 Å². The molecule has 0 spiro atoms. The van der Waals surface area contributed by atoms with Gasteiger partial charge in [0.05, 0.1) is 16.4 Å². The van der Waals surface area contributed by atoms with Crippen molar-refractivity contribution >= 4 is 22.9 Å². The van der Waals surface area contributed by atoms with E-state index in [9.17, 15) is 0 Å². The SMILES string of the molecule is Cc1nn(C)c(CC(N)c2cc3c(s2)CCCC3)c1Cl. The molecule has 0 aliphatic heterocycles. The number of halogens is 1. The van der Waals surface area contributed by atoms with Gasteiger partial charge in [-0.25, -0.2) is 0 Å². The van der Waals surface area contributed by atoms with Crippen molar-refractivity contribution in [2.75, 3.05) is 0 Å². The third kappa shape index (κ3) is 2.52. The molecule has 1 aliphatic rings. The van der Waals surface area contributed by atoms with Crippen LogP contribution >= 0.6 is 22.9 Å². The van der Waals surface area contributed by atoms with Gasteiger partial charge in [0, 0.05) is 29.3 Å². The summed E-state index contributed by atoms with van der Waals surface area (Å²) < 4.78 is 1.85. The summed E-state index contributed by atoms with van der Waals surface area (Å²) in [6.07, 6.45) is 5.80. The zero-order chi connectivity index (χ0) is 14.3. The lowest BCUT2D eigenvalue weighted by molar-refractivity contribution is 0.645. The Morgan fingerprint density at radius 3 is 2.85 bits per heavy atom. The van der Waals surface area contributed by atoms with Crippen LogP contribution in [-0.4, -0.2) is 9.78 Å². The average Bonchev–Trinajstić information content (AvgIpc) is 2.95. The molecule has 3 nitrogen and oxygen atoms in total. The van der Waals surface area contributed by atoms with E-state index in [1.165, 1.54) is 41.0 Å². The van der Waals surface area contributed by atoms with Gasteiger partial charge < -0.3 is 5.73 Å². The molecule has 2 aromatic rings. The van der Waals surface area contributed by atoms with Crippen LogP contribution in [0, 0.1) is 6.92 Å². The topological polar surface area (TPSA) is 43.8 Å². The zero-order valence-electron chi connectivity index (χ0n) is 11.9. The molecule has 2 aromatic heterocycles. The molecular formula is C15H20ClN3S. The Morgan fingerprint density at radius 1 is 1.45 bits per heavy atom. The third-order valence-electron chi connectivity index (χ3n) is 4.06. The second-order valence-electron chi connectivity index (χ2n) is 5.58. The molecule has 3 rings (SSSR count). The lowest BCUT2D eigenvalue weighted by Gasteiger charge is -2.10. The summed E-state index contributed by atoms with van der Waals surface area (Å²) in [5.74, 6) is 0. The number of rotatable bonds is 3. The maximum absolute atomic E-state index is 6.40. The minimum absolute atomic E-state index is 0.0119. The first kappa shape index (κ1) is 14.1. The summed E-state index contributed by atoms with van der Waals surface area (Å²) in [5, 5.41) is 5.11. The van der Waals surface area contributed by atoms with Gasteiger partial charge in [-0.15, -0.1) is 11.3 Å². The van der Waals surface area contributed by atoms with Crippen molar-refractivity contribution in [3.63, 3.8) is 0 Å². The van der Waals surface area contributed by atoms with E-state index in [-0.39, 0.29) is 6.04 Å². The van der Waals surface area contributed by atoms with Crippen LogP contribution in [0.5, 0.6) is 0 Å². The van der Waals surface area contributed by atoms with Crippen molar-refractivity contribution in [1.82, 2.24) is 9.78 Å².